The van der Waals surface area contributed by atoms with E-state index in [2.05, 4.69) is 24.1 Å². The van der Waals surface area contributed by atoms with Gasteiger partial charge in [-0.25, -0.2) is 13.2 Å². The van der Waals surface area contributed by atoms with Gasteiger partial charge in [0.1, 0.15) is 0 Å². The van der Waals surface area contributed by atoms with Crippen molar-refractivity contribution in [3.8, 4) is 0 Å². The molecule has 0 aliphatic carbocycles. The van der Waals surface area contributed by atoms with E-state index in [1.807, 2.05) is 24.0 Å². The zero-order valence-electron chi connectivity index (χ0n) is 22.2. The molecule has 3 rings (SSSR count). The highest BCUT2D eigenvalue weighted by atomic mass is 32.2. The van der Waals surface area contributed by atoms with Crippen molar-refractivity contribution in [2.45, 2.75) is 44.7 Å². The van der Waals surface area contributed by atoms with E-state index in [1.54, 1.807) is 12.1 Å². The van der Waals surface area contributed by atoms with Crippen LogP contribution in [0.15, 0.2) is 29.2 Å². The van der Waals surface area contributed by atoms with Gasteiger partial charge >= 0.3 is 12.1 Å². The molecule has 0 saturated carbocycles. The molecule has 0 radical (unpaired) electrons. The highest BCUT2D eigenvalue weighted by molar-refractivity contribution is 7.89. The lowest BCUT2D eigenvalue weighted by Crippen LogP contribution is -2.48. The SMILES string of the molecule is Cc1ccccc1S(=O)(=O)N(CCC(=O)N1CCNCC1)CCN1CC(C)CC(C)C1.O=C(O)C(F)(F)F. The molecule has 0 aromatic heterocycles. The zero-order chi connectivity index (χ0) is 28.5. The monoisotopic (exact) mass is 564 g/mol. The minimum Gasteiger partial charge on any atom is -0.475 e. The van der Waals surface area contributed by atoms with Crippen molar-refractivity contribution in [1.29, 1.82) is 0 Å². The molecule has 2 heterocycles. The first-order valence-electron chi connectivity index (χ1n) is 12.8. The van der Waals surface area contributed by atoms with Gasteiger partial charge in [-0.3, -0.25) is 4.79 Å². The first-order chi connectivity index (χ1) is 17.7. The van der Waals surface area contributed by atoms with E-state index in [-0.39, 0.29) is 18.9 Å². The molecule has 2 fully saturated rings. The Hall–Kier alpha value is -2.22. The fourth-order valence-corrected chi connectivity index (χ4v) is 6.51. The molecule has 2 N–H and O–H groups in total. The van der Waals surface area contributed by atoms with Gasteiger partial charge in [-0.2, -0.15) is 17.5 Å². The van der Waals surface area contributed by atoms with Gasteiger partial charge in [0.05, 0.1) is 4.90 Å². The second-order valence-electron chi connectivity index (χ2n) is 10.1. The molecular weight excluding hydrogens is 525 g/mol. The molecule has 38 heavy (non-hydrogen) atoms. The molecule has 216 valence electrons. The van der Waals surface area contributed by atoms with E-state index in [9.17, 15) is 26.4 Å². The van der Waals surface area contributed by atoms with Gasteiger partial charge in [-0.05, 0) is 36.8 Å². The third-order valence-corrected chi connectivity index (χ3v) is 8.67. The number of halogens is 3. The van der Waals surface area contributed by atoms with Crippen molar-refractivity contribution < 1.29 is 36.3 Å². The fourth-order valence-electron chi connectivity index (χ4n) is 4.86. The van der Waals surface area contributed by atoms with Crippen molar-refractivity contribution in [1.82, 2.24) is 19.4 Å². The van der Waals surface area contributed by atoms with Crippen LogP contribution in [0, 0.1) is 18.8 Å². The Morgan fingerprint density at radius 1 is 1.08 bits per heavy atom. The number of aliphatic carboxylic acids is 1. The summed E-state index contributed by atoms with van der Waals surface area (Å²) in [6.07, 6.45) is -3.64. The number of hydrogen-bond acceptors (Lipinski definition) is 6. The Morgan fingerprint density at radius 3 is 2.16 bits per heavy atom. The number of piperidine rings is 1. The summed E-state index contributed by atoms with van der Waals surface area (Å²) in [6, 6.07) is 7.10. The van der Waals surface area contributed by atoms with Gasteiger partial charge in [0, 0.05) is 65.3 Å². The van der Waals surface area contributed by atoms with E-state index in [4.69, 9.17) is 9.90 Å². The number of carboxylic acids is 1. The van der Waals surface area contributed by atoms with Gasteiger partial charge in [0.15, 0.2) is 0 Å². The van der Waals surface area contributed by atoms with Gasteiger partial charge in [-0.1, -0.05) is 32.0 Å². The molecule has 2 atom stereocenters. The van der Waals surface area contributed by atoms with E-state index in [0.29, 0.717) is 42.9 Å². The minimum absolute atomic E-state index is 0.0340. The van der Waals surface area contributed by atoms with Gasteiger partial charge < -0.3 is 20.2 Å². The quantitative estimate of drug-likeness (QED) is 0.499. The highest BCUT2D eigenvalue weighted by Crippen LogP contribution is 2.23. The minimum atomic E-state index is -5.08. The Labute approximate surface area is 223 Å². The first-order valence-corrected chi connectivity index (χ1v) is 14.2. The summed E-state index contributed by atoms with van der Waals surface area (Å²) >= 11 is 0. The molecule has 13 heteroatoms. The molecule has 0 bridgehead atoms. The van der Waals surface area contributed by atoms with Crippen LogP contribution in [0.3, 0.4) is 0 Å². The lowest BCUT2D eigenvalue weighted by atomic mass is 9.92. The van der Waals surface area contributed by atoms with E-state index in [0.717, 1.165) is 31.7 Å². The summed E-state index contributed by atoms with van der Waals surface area (Å²) in [5.74, 6) is -1.47. The normalized spacial score (nSPS) is 21.1. The van der Waals surface area contributed by atoms with Crippen LogP contribution in [0.5, 0.6) is 0 Å². The number of carboxylic acid groups (broad SMARTS) is 1. The van der Waals surface area contributed by atoms with Crippen LogP contribution in [0.1, 0.15) is 32.3 Å². The van der Waals surface area contributed by atoms with Crippen LogP contribution in [-0.2, 0) is 19.6 Å². The number of aryl methyl sites for hydroxylation is 1. The van der Waals surface area contributed by atoms with Crippen LogP contribution in [0.2, 0.25) is 0 Å². The number of benzene rings is 1. The number of nitrogens with one attached hydrogen (secondary N) is 1. The Bertz CT molecular complexity index is 1020. The van der Waals surface area contributed by atoms with Crippen LogP contribution in [0.25, 0.3) is 0 Å². The van der Waals surface area contributed by atoms with E-state index in [1.165, 1.54) is 10.7 Å². The number of sulfonamides is 1. The maximum Gasteiger partial charge on any atom is 0.490 e. The van der Waals surface area contributed by atoms with Gasteiger partial charge in [-0.15, -0.1) is 0 Å². The lowest BCUT2D eigenvalue weighted by Gasteiger charge is -2.36. The average molecular weight is 565 g/mol. The van der Waals surface area contributed by atoms with Crippen molar-refractivity contribution in [3.63, 3.8) is 0 Å². The Balaban J connectivity index is 0.000000638. The number of piperazine rings is 1. The summed E-state index contributed by atoms with van der Waals surface area (Å²) in [6.45, 7) is 12.6. The fraction of sp³-hybridized carbons (Fsp3) is 0.680. The number of hydrogen-bond donors (Lipinski definition) is 2. The molecule has 2 aliphatic heterocycles. The van der Waals surface area contributed by atoms with E-state index >= 15 is 0 Å². The van der Waals surface area contributed by atoms with Gasteiger partial charge in [0.25, 0.3) is 0 Å². The summed E-state index contributed by atoms with van der Waals surface area (Å²) in [4.78, 5) is 26.1. The number of alkyl halides is 3. The topological polar surface area (TPSA) is 110 Å². The molecule has 1 amide bonds. The van der Waals surface area contributed by atoms with Crippen LogP contribution < -0.4 is 5.32 Å². The highest BCUT2D eigenvalue weighted by Gasteiger charge is 2.38. The van der Waals surface area contributed by atoms with Crippen LogP contribution in [-0.4, -0.2) is 105 Å². The molecule has 2 unspecified atom stereocenters. The van der Waals surface area contributed by atoms with Gasteiger partial charge in [0.2, 0.25) is 15.9 Å². The predicted molar refractivity (Wildman–Crippen MR) is 137 cm³/mol. The average Bonchev–Trinajstić information content (AvgIpc) is 2.83. The molecule has 1 aromatic carbocycles. The first kappa shape index (κ1) is 32.0. The number of carbonyl (C=O) groups is 2. The predicted octanol–water partition coefficient (Wildman–Crippen LogP) is 2.42. The van der Waals surface area contributed by atoms with Crippen molar-refractivity contribution in [2.24, 2.45) is 11.8 Å². The third kappa shape index (κ3) is 9.83. The van der Waals surface area contributed by atoms with Crippen LogP contribution in [0.4, 0.5) is 13.2 Å². The molecule has 1 aromatic rings. The second-order valence-corrected chi connectivity index (χ2v) is 12.0. The number of nitrogens with zero attached hydrogens (tertiary/aromatic N) is 3. The number of carbonyl (C=O) groups excluding carboxylic acids is 1. The second kappa shape index (κ2) is 14.2. The van der Waals surface area contributed by atoms with Crippen molar-refractivity contribution >= 4 is 21.9 Å². The smallest absolute Gasteiger partial charge is 0.475 e. The van der Waals surface area contributed by atoms with Crippen molar-refractivity contribution in [2.75, 3.05) is 58.9 Å². The summed E-state index contributed by atoms with van der Waals surface area (Å²) in [7, 11) is -3.66. The largest absolute Gasteiger partial charge is 0.490 e. The Morgan fingerprint density at radius 2 is 1.63 bits per heavy atom. The molecule has 2 saturated heterocycles. The summed E-state index contributed by atoms with van der Waals surface area (Å²) < 4.78 is 60.3. The maximum atomic E-state index is 13.5. The molecule has 9 nitrogen and oxygen atoms in total. The number of likely N-dealkylation sites (tertiary alicyclic amines) is 1. The molecular formula is C25H39F3N4O5S. The van der Waals surface area contributed by atoms with Crippen LogP contribution >= 0.6 is 0 Å². The maximum absolute atomic E-state index is 13.5. The number of rotatable bonds is 8. The third-order valence-electron chi connectivity index (χ3n) is 6.61. The van der Waals surface area contributed by atoms with E-state index < -0.39 is 22.2 Å². The number of amides is 1. The molecule has 0 spiro atoms. The summed E-state index contributed by atoms with van der Waals surface area (Å²) in [5, 5.41) is 10.4. The lowest BCUT2D eigenvalue weighted by molar-refractivity contribution is -0.192. The Kier molecular flexibility index (Phi) is 12.0. The molecule has 2 aliphatic rings. The van der Waals surface area contributed by atoms with Crippen molar-refractivity contribution in [3.05, 3.63) is 29.8 Å². The summed E-state index contributed by atoms with van der Waals surface area (Å²) in [5.41, 5.74) is 0.737. The standard InChI is InChI=1S/C23H38N4O3S.C2HF3O2/c1-19-16-20(2)18-25(17-19)14-15-27(11-8-23(28)26-12-9-24-10-13-26)31(29,30)22-7-5-4-6-21(22)3;3-2(4,5)1(6)7/h4-7,19-20,24H,8-18H2,1-3H3;(H,6,7). The zero-order valence-corrected chi connectivity index (χ0v) is 23.0.